The van der Waals surface area contributed by atoms with Crippen molar-refractivity contribution >= 4 is 27.5 Å². The Labute approximate surface area is 197 Å². The van der Waals surface area contributed by atoms with Gasteiger partial charge in [-0.3, -0.25) is 9.78 Å². The van der Waals surface area contributed by atoms with E-state index in [0.29, 0.717) is 22.0 Å². The molecule has 0 unspecified atom stereocenters. The number of hydrogen-bond donors (Lipinski definition) is 0. The predicted octanol–water partition coefficient (Wildman–Crippen LogP) is 2.58. The Balaban J connectivity index is 1.35. The summed E-state index contributed by atoms with van der Waals surface area (Å²) in [5, 5.41) is 4.54. The molecule has 9 nitrogen and oxygen atoms in total. The van der Waals surface area contributed by atoms with Crippen LogP contribution >= 0.6 is 11.6 Å². The van der Waals surface area contributed by atoms with E-state index >= 15 is 0 Å². The number of benzene rings is 1. The molecular formula is C21H17ClF2N4O5S. The molecule has 3 aromatic rings. The molecule has 0 radical (unpaired) electrons. The average molecular weight is 511 g/mol. The Morgan fingerprint density at radius 2 is 1.91 bits per heavy atom. The van der Waals surface area contributed by atoms with E-state index in [4.69, 9.17) is 16.3 Å². The third-order valence-electron chi connectivity index (χ3n) is 5.76. The molecule has 1 saturated heterocycles. The number of carbonyl (C=O) groups is 1. The molecule has 0 aliphatic carbocycles. The van der Waals surface area contributed by atoms with Crippen LogP contribution in [0.1, 0.15) is 17.0 Å². The summed E-state index contributed by atoms with van der Waals surface area (Å²) in [5.74, 6) is -0.380. The summed E-state index contributed by atoms with van der Waals surface area (Å²) in [7, 11) is -4.06. The molecule has 0 saturated carbocycles. The molecule has 34 heavy (non-hydrogen) atoms. The van der Waals surface area contributed by atoms with E-state index in [-0.39, 0.29) is 42.9 Å². The van der Waals surface area contributed by atoms with Gasteiger partial charge in [0.1, 0.15) is 11.2 Å². The summed E-state index contributed by atoms with van der Waals surface area (Å²) in [6, 6.07) is 7.94. The van der Waals surface area contributed by atoms with Crippen molar-refractivity contribution in [1.29, 1.82) is 0 Å². The van der Waals surface area contributed by atoms with Crippen LogP contribution in [0.25, 0.3) is 0 Å². The normalized spacial score (nSPS) is 16.9. The summed E-state index contributed by atoms with van der Waals surface area (Å²) < 4.78 is 60.9. The first-order valence-electron chi connectivity index (χ1n) is 10.1. The number of nitrogens with zero attached hydrogens (tertiary/aromatic N) is 4. The second-order valence-corrected chi connectivity index (χ2v) is 10.1. The van der Waals surface area contributed by atoms with Gasteiger partial charge in [-0.2, -0.15) is 26.4 Å². The van der Waals surface area contributed by atoms with Gasteiger partial charge in [0.25, 0.3) is 10.0 Å². The van der Waals surface area contributed by atoms with E-state index in [0.717, 1.165) is 28.4 Å². The third-order valence-corrected chi connectivity index (χ3v) is 7.61. The van der Waals surface area contributed by atoms with Gasteiger partial charge in [0, 0.05) is 24.5 Å². The van der Waals surface area contributed by atoms with Gasteiger partial charge >= 0.3 is 6.61 Å². The minimum atomic E-state index is -4.06. The van der Waals surface area contributed by atoms with Gasteiger partial charge in [0.05, 0.1) is 41.1 Å². The zero-order valence-electron chi connectivity index (χ0n) is 17.4. The molecule has 0 spiro atoms. The highest BCUT2D eigenvalue weighted by Gasteiger charge is 2.52. The number of hydrogen-bond acceptors (Lipinski definition) is 7. The summed E-state index contributed by atoms with van der Waals surface area (Å²) in [4.78, 5) is 19.1. The standard InChI is InChI=1S/C21H17ClF2N4O5S/c22-16-2-1-7-25-18(16)21(11-32-12-21)19(29)27-8-13-9-28(26-17(13)10-27)34(30,31)15-5-3-14(4-6-15)33-20(23)24/h1-7,9,20H,8,10-12H2. The maximum Gasteiger partial charge on any atom is 0.387 e. The highest BCUT2D eigenvalue weighted by atomic mass is 35.5. The van der Waals surface area contributed by atoms with Crippen LogP contribution < -0.4 is 4.74 Å². The molecule has 178 valence electrons. The first-order chi connectivity index (χ1) is 16.2. The van der Waals surface area contributed by atoms with Crippen molar-refractivity contribution < 1.29 is 31.5 Å². The monoisotopic (exact) mass is 510 g/mol. The van der Waals surface area contributed by atoms with E-state index in [1.54, 1.807) is 23.2 Å². The van der Waals surface area contributed by atoms with Crippen LogP contribution in [0.3, 0.4) is 0 Å². The van der Waals surface area contributed by atoms with E-state index < -0.39 is 22.0 Å². The summed E-state index contributed by atoms with van der Waals surface area (Å²) in [6.07, 6.45) is 2.91. The first-order valence-corrected chi connectivity index (χ1v) is 11.9. The summed E-state index contributed by atoms with van der Waals surface area (Å²) in [5.41, 5.74) is 0.477. The smallest absolute Gasteiger partial charge is 0.387 e. The van der Waals surface area contributed by atoms with Crippen LogP contribution in [0.2, 0.25) is 5.02 Å². The van der Waals surface area contributed by atoms with Gasteiger partial charge < -0.3 is 14.4 Å². The topological polar surface area (TPSA) is 104 Å². The van der Waals surface area contributed by atoms with E-state index in [9.17, 15) is 22.0 Å². The second kappa shape index (κ2) is 8.29. The van der Waals surface area contributed by atoms with E-state index in [2.05, 4.69) is 14.8 Å². The molecule has 4 heterocycles. The zero-order chi connectivity index (χ0) is 24.1. The Morgan fingerprint density at radius 1 is 1.18 bits per heavy atom. The number of alkyl halides is 2. The molecule has 2 aliphatic rings. The maximum atomic E-state index is 13.4. The van der Waals surface area contributed by atoms with Crippen molar-refractivity contribution in [2.75, 3.05) is 13.2 Å². The Kier molecular flexibility index (Phi) is 5.53. The Hall–Kier alpha value is -3.09. The number of carbonyl (C=O) groups excluding carboxylic acids is 1. The van der Waals surface area contributed by atoms with Crippen molar-refractivity contribution in [3.8, 4) is 5.75 Å². The average Bonchev–Trinajstić information content (AvgIpc) is 3.34. The van der Waals surface area contributed by atoms with Crippen molar-refractivity contribution in [2.45, 2.75) is 30.0 Å². The molecule has 0 bridgehead atoms. The third kappa shape index (κ3) is 3.71. The summed E-state index contributed by atoms with van der Waals surface area (Å²) in [6.45, 7) is -2.44. The van der Waals surface area contributed by atoms with Crippen LogP contribution in [-0.4, -0.2) is 53.2 Å². The fourth-order valence-corrected chi connectivity index (χ4v) is 5.47. The second-order valence-electron chi connectivity index (χ2n) is 7.90. The highest BCUT2D eigenvalue weighted by molar-refractivity contribution is 7.89. The van der Waals surface area contributed by atoms with Gasteiger partial charge in [-0.15, -0.1) is 0 Å². The zero-order valence-corrected chi connectivity index (χ0v) is 19.0. The number of pyridine rings is 1. The molecular weight excluding hydrogens is 494 g/mol. The molecule has 2 aromatic heterocycles. The van der Waals surface area contributed by atoms with E-state index in [1.807, 2.05) is 0 Å². The number of halogens is 3. The minimum absolute atomic E-state index is 0.115. The van der Waals surface area contributed by atoms with Gasteiger partial charge in [0.15, 0.2) is 0 Å². The Bertz CT molecular complexity index is 1340. The molecule has 0 atom stereocenters. The number of rotatable bonds is 6. The molecule has 13 heteroatoms. The first kappa shape index (κ1) is 22.7. The SMILES string of the molecule is O=C(N1Cc2cn(S(=O)(=O)c3ccc(OC(F)F)cc3)nc2C1)C1(c2ncccc2Cl)COC1. The lowest BCUT2D eigenvalue weighted by Crippen LogP contribution is -2.58. The van der Waals surface area contributed by atoms with Gasteiger partial charge in [-0.1, -0.05) is 11.6 Å². The lowest BCUT2D eigenvalue weighted by Gasteiger charge is -2.41. The van der Waals surface area contributed by atoms with E-state index in [1.165, 1.54) is 6.20 Å². The van der Waals surface area contributed by atoms with Gasteiger partial charge in [-0.25, -0.2) is 0 Å². The maximum absolute atomic E-state index is 13.4. The number of aromatic nitrogens is 3. The fourth-order valence-electron chi connectivity index (χ4n) is 4.00. The van der Waals surface area contributed by atoms with Crippen molar-refractivity contribution in [1.82, 2.24) is 19.1 Å². The minimum Gasteiger partial charge on any atom is -0.435 e. The molecule has 1 aromatic carbocycles. The lowest BCUT2D eigenvalue weighted by atomic mass is 9.80. The molecule has 1 fully saturated rings. The van der Waals surface area contributed by atoms with Crippen molar-refractivity contribution in [3.63, 3.8) is 0 Å². The van der Waals surface area contributed by atoms with Crippen molar-refractivity contribution in [2.24, 2.45) is 0 Å². The molecule has 1 amide bonds. The summed E-state index contributed by atoms with van der Waals surface area (Å²) >= 11 is 6.29. The quantitative estimate of drug-likeness (QED) is 0.502. The Morgan fingerprint density at radius 3 is 2.50 bits per heavy atom. The largest absolute Gasteiger partial charge is 0.435 e. The number of amides is 1. The van der Waals surface area contributed by atoms with Crippen LogP contribution in [0.4, 0.5) is 8.78 Å². The van der Waals surface area contributed by atoms with Gasteiger partial charge in [0.2, 0.25) is 5.91 Å². The highest BCUT2D eigenvalue weighted by Crippen LogP contribution is 2.39. The molecule has 2 aliphatic heterocycles. The van der Waals surface area contributed by atoms with Gasteiger partial charge in [-0.05, 0) is 36.4 Å². The fraction of sp³-hybridized carbons (Fsp3) is 0.286. The predicted molar refractivity (Wildman–Crippen MR) is 114 cm³/mol. The molecule has 5 rings (SSSR count). The number of ether oxygens (including phenoxy) is 2. The number of fused-ring (bicyclic) bond motifs is 1. The molecule has 0 N–H and O–H groups in total. The van der Waals surface area contributed by atoms with Crippen molar-refractivity contribution in [3.05, 3.63) is 70.8 Å². The van der Waals surface area contributed by atoms with Crippen LogP contribution in [0, 0.1) is 0 Å². The van der Waals surface area contributed by atoms with Crippen LogP contribution in [-0.2, 0) is 38.1 Å². The van der Waals surface area contributed by atoms with Crippen LogP contribution in [0.15, 0.2) is 53.7 Å². The van der Waals surface area contributed by atoms with Crippen LogP contribution in [0.5, 0.6) is 5.75 Å². The lowest BCUT2D eigenvalue weighted by molar-refractivity contribution is -0.157.